The van der Waals surface area contributed by atoms with Crippen molar-refractivity contribution in [2.75, 3.05) is 10.0 Å². The molecule has 0 aliphatic carbocycles. The van der Waals surface area contributed by atoms with Gasteiger partial charge in [-0.3, -0.25) is 9.52 Å². The number of aromatic carboxylic acids is 1. The Balaban J connectivity index is 1.67. The molecule has 0 aliphatic heterocycles. The van der Waals surface area contributed by atoms with Gasteiger partial charge in [-0.15, -0.1) is 0 Å². The molecular formula is C25H19N3O5S2. The van der Waals surface area contributed by atoms with E-state index in [1.165, 1.54) is 42.5 Å². The number of benzene rings is 4. The molecule has 0 saturated carbocycles. The van der Waals surface area contributed by atoms with Crippen molar-refractivity contribution < 1.29 is 23.1 Å². The van der Waals surface area contributed by atoms with E-state index >= 15 is 0 Å². The zero-order valence-corrected chi connectivity index (χ0v) is 19.7. The Labute approximate surface area is 206 Å². The zero-order valence-electron chi connectivity index (χ0n) is 18.1. The number of carbonyl (C=O) groups is 2. The van der Waals surface area contributed by atoms with Gasteiger partial charge in [0, 0.05) is 11.1 Å². The lowest BCUT2D eigenvalue weighted by atomic mass is 10.1. The fraction of sp³-hybridized carbons (Fsp3) is 0. The standard InChI is InChI=1S/C25H19N3O5S2/c26-23(34)16-5-7-17(8-6-16)24(29)27-22-14-19(25(30)31)10-12-21(22)28-35(32,33)20-11-9-15-3-1-2-4-18(15)13-20/h1-14,28H,(H2,26,34)(H,27,29)(H,30,31). The lowest BCUT2D eigenvalue weighted by Crippen LogP contribution is -2.18. The number of hydrogen-bond donors (Lipinski definition) is 4. The number of carbonyl (C=O) groups excluding carboxylic acids is 1. The largest absolute Gasteiger partial charge is 0.478 e. The molecule has 0 saturated heterocycles. The van der Waals surface area contributed by atoms with Crippen molar-refractivity contribution in [3.05, 3.63) is 102 Å². The number of amides is 1. The first-order valence-corrected chi connectivity index (χ1v) is 12.1. The van der Waals surface area contributed by atoms with E-state index in [1.54, 1.807) is 30.3 Å². The van der Waals surface area contributed by atoms with Crippen molar-refractivity contribution >= 4 is 61.3 Å². The lowest BCUT2D eigenvalue weighted by Gasteiger charge is -2.15. The normalized spacial score (nSPS) is 11.1. The molecule has 10 heteroatoms. The minimum atomic E-state index is -4.05. The summed E-state index contributed by atoms with van der Waals surface area (Å²) in [5.74, 6) is -1.81. The van der Waals surface area contributed by atoms with Gasteiger partial charge in [0.25, 0.3) is 15.9 Å². The number of carboxylic acids is 1. The molecule has 4 aromatic rings. The lowest BCUT2D eigenvalue weighted by molar-refractivity contribution is 0.0696. The van der Waals surface area contributed by atoms with Crippen molar-refractivity contribution in [1.29, 1.82) is 0 Å². The van der Waals surface area contributed by atoms with Gasteiger partial charge in [-0.05, 0) is 53.2 Å². The Kier molecular flexibility index (Phi) is 6.50. The topological polar surface area (TPSA) is 139 Å². The number of nitrogens with one attached hydrogen (secondary N) is 2. The van der Waals surface area contributed by atoms with Gasteiger partial charge >= 0.3 is 5.97 Å². The van der Waals surface area contributed by atoms with Crippen LogP contribution in [0.3, 0.4) is 0 Å². The molecule has 1 amide bonds. The maximum atomic E-state index is 13.1. The highest BCUT2D eigenvalue weighted by Gasteiger charge is 2.19. The highest BCUT2D eigenvalue weighted by molar-refractivity contribution is 7.92. The van der Waals surface area contributed by atoms with E-state index in [4.69, 9.17) is 18.0 Å². The van der Waals surface area contributed by atoms with Gasteiger partial charge < -0.3 is 16.2 Å². The summed E-state index contributed by atoms with van der Waals surface area (Å²) in [5.41, 5.74) is 6.26. The molecule has 0 aliphatic rings. The van der Waals surface area contributed by atoms with Crippen LogP contribution in [0.15, 0.2) is 89.8 Å². The SMILES string of the molecule is NC(=S)c1ccc(C(=O)Nc2cc(C(=O)O)ccc2NS(=O)(=O)c2ccc3ccccc3c2)cc1. The first-order valence-electron chi connectivity index (χ1n) is 10.2. The number of fused-ring (bicyclic) bond motifs is 1. The smallest absolute Gasteiger partial charge is 0.335 e. The van der Waals surface area contributed by atoms with E-state index in [1.807, 2.05) is 12.1 Å². The van der Waals surface area contributed by atoms with Crippen LogP contribution in [0, 0.1) is 0 Å². The van der Waals surface area contributed by atoms with E-state index < -0.39 is 21.9 Å². The van der Waals surface area contributed by atoms with Crippen molar-refractivity contribution in [2.24, 2.45) is 5.73 Å². The molecule has 0 fully saturated rings. The van der Waals surface area contributed by atoms with Crippen LogP contribution in [-0.4, -0.2) is 30.4 Å². The first-order chi connectivity index (χ1) is 16.6. The number of carboxylic acid groups (broad SMARTS) is 1. The van der Waals surface area contributed by atoms with Crippen LogP contribution in [0.25, 0.3) is 10.8 Å². The molecule has 0 spiro atoms. The Hall–Kier alpha value is -4.28. The van der Waals surface area contributed by atoms with Crippen LogP contribution >= 0.6 is 12.2 Å². The van der Waals surface area contributed by atoms with Gasteiger partial charge in [-0.2, -0.15) is 0 Å². The van der Waals surface area contributed by atoms with Gasteiger partial charge in [0.05, 0.1) is 21.8 Å². The Morgan fingerprint density at radius 3 is 2.06 bits per heavy atom. The first kappa shape index (κ1) is 23.9. The molecule has 8 nitrogen and oxygen atoms in total. The van der Waals surface area contributed by atoms with E-state index in [0.29, 0.717) is 5.56 Å². The van der Waals surface area contributed by atoms with Crippen molar-refractivity contribution in [3.63, 3.8) is 0 Å². The number of hydrogen-bond acceptors (Lipinski definition) is 5. The monoisotopic (exact) mass is 505 g/mol. The van der Waals surface area contributed by atoms with Gasteiger partial charge in [-0.1, -0.05) is 54.7 Å². The van der Waals surface area contributed by atoms with E-state index in [-0.39, 0.29) is 32.4 Å². The van der Waals surface area contributed by atoms with E-state index in [9.17, 15) is 23.1 Å². The predicted molar refractivity (Wildman–Crippen MR) is 138 cm³/mol. The Morgan fingerprint density at radius 2 is 1.40 bits per heavy atom. The second kappa shape index (κ2) is 9.53. The van der Waals surface area contributed by atoms with Gasteiger partial charge in [-0.25, -0.2) is 13.2 Å². The quantitative estimate of drug-likeness (QED) is 0.276. The zero-order chi connectivity index (χ0) is 25.2. The Morgan fingerprint density at radius 1 is 0.771 bits per heavy atom. The summed E-state index contributed by atoms with van der Waals surface area (Å²) in [4.78, 5) is 24.5. The maximum absolute atomic E-state index is 13.1. The van der Waals surface area contributed by atoms with Crippen LogP contribution in [0.2, 0.25) is 0 Å². The number of nitrogens with two attached hydrogens (primary N) is 1. The minimum Gasteiger partial charge on any atom is -0.478 e. The molecule has 0 heterocycles. The van der Waals surface area contributed by atoms with Crippen LogP contribution in [0.1, 0.15) is 26.3 Å². The van der Waals surface area contributed by atoms with Crippen LogP contribution in [0.5, 0.6) is 0 Å². The number of sulfonamides is 1. The average molecular weight is 506 g/mol. The minimum absolute atomic E-state index is 0.0104. The molecular weight excluding hydrogens is 486 g/mol. The summed E-state index contributed by atoms with van der Waals surface area (Å²) in [5, 5.41) is 13.6. The third-order valence-corrected chi connectivity index (χ3v) is 6.82. The molecule has 5 N–H and O–H groups in total. The van der Waals surface area contributed by atoms with E-state index in [0.717, 1.165) is 10.8 Å². The molecule has 35 heavy (non-hydrogen) atoms. The molecule has 0 radical (unpaired) electrons. The molecule has 176 valence electrons. The molecule has 0 bridgehead atoms. The molecule has 0 atom stereocenters. The molecule has 4 rings (SSSR count). The number of rotatable bonds is 7. The molecule has 0 unspecified atom stereocenters. The maximum Gasteiger partial charge on any atom is 0.335 e. The summed E-state index contributed by atoms with van der Waals surface area (Å²) in [6.45, 7) is 0. The second-order valence-corrected chi connectivity index (χ2v) is 9.70. The Bertz CT molecular complexity index is 1580. The van der Waals surface area contributed by atoms with Crippen molar-refractivity contribution in [1.82, 2.24) is 0 Å². The summed E-state index contributed by atoms with van der Waals surface area (Å²) in [6, 6.07) is 21.9. The highest BCUT2D eigenvalue weighted by atomic mass is 32.2. The van der Waals surface area contributed by atoms with Crippen LogP contribution in [0.4, 0.5) is 11.4 Å². The van der Waals surface area contributed by atoms with Crippen LogP contribution < -0.4 is 15.8 Å². The number of thiocarbonyl (C=S) groups is 1. The van der Waals surface area contributed by atoms with Gasteiger partial charge in [0.1, 0.15) is 4.99 Å². The van der Waals surface area contributed by atoms with Crippen molar-refractivity contribution in [3.8, 4) is 0 Å². The third kappa shape index (κ3) is 5.29. The summed E-state index contributed by atoms with van der Waals surface area (Å²) >= 11 is 4.91. The fourth-order valence-corrected chi connectivity index (χ4v) is 4.64. The fourth-order valence-electron chi connectivity index (χ4n) is 3.39. The summed E-state index contributed by atoms with van der Waals surface area (Å²) in [7, 11) is -4.05. The van der Waals surface area contributed by atoms with Gasteiger partial charge in [0.2, 0.25) is 0 Å². The molecule has 0 aromatic heterocycles. The summed E-state index contributed by atoms with van der Waals surface area (Å²) in [6.07, 6.45) is 0. The van der Waals surface area contributed by atoms with Gasteiger partial charge in [0.15, 0.2) is 0 Å². The third-order valence-electron chi connectivity index (χ3n) is 5.22. The predicted octanol–water partition coefficient (Wildman–Crippen LogP) is 4.23. The second-order valence-electron chi connectivity index (χ2n) is 7.58. The average Bonchev–Trinajstić information content (AvgIpc) is 2.84. The number of anilines is 2. The van der Waals surface area contributed by atoms with Crippen LogP contribution in [-0.2, 0) is 10.0 Å². The summed E-state index contributed by atoms with van der Waals surface area (Å²) < 4.78 is 28.7. The highest BCUT2D eigenvalue weighted by Crippen LogP contribution is 2.28. The molecule has 4 aromatic carbocycles. The van der Waals surface area contributed by atoms with Crippen molar-refractivity contribution in [2.45, 2.75) is 4.90 Å². The van der Waals surface area contributed by atoms with E-state index in [2.05, 4.69) is 10.0 Å².